The van der Waals surface area contributed by atoms with Gasteiger partial charge in [-0.25, -0.2) is 0 Å². The van der Waals surface area contributed by atoms with E-state index in [4.69, 9.17) is 11.6 Å². The van der Waals surface area contributed by atoms with Gasteiger partial charge >= 0.3 is 0 Å². The molecule has 0 aromatic heterocycles. The number of aliphatic hydroxyl groups is 1. The molecule has 1 aliphatic rings. The molecule has 0 amide bonds. The second-order valence-corrected chi connectivity index (χ2v) is 6.51. The van der Waals surface area contributed by atoms with Crippen LogP contribution in [-0.2, 0) is 0 Å². The van der Waals surface area contributed by atoms with Crippen molar-refractivity contribution in [2.75, 3.05) is 33.2 Å². The van der Waals surface area contributed by atoms with E-state index < -0.39 is 6.10 Å². The van der Waals surface area contributed by atoms with Gasteiger partial charge in [0.25, 0.3) is 0 Å². The molecule has 1 aromatic carbocycles. The lowest BCUT2D eigenvalue weighted by Crippen LogP contribution is -2.40. The lowest BCUT2D eigenvalue weighted by molar-refractivity contribution is 0.121. The maximum absolute atomic E-state index is 10.4. The van der Waals surface area contributed by atoms with Crippen LogP contribution in [0.3, 0.4) is 0 Å². The first-order valence-electron chi connectivity index (χ1n) is 7.96. The lowest BCUT2D eigenvalue weighted by atomic mass is 10.1. The van der Waals surface area contributed by atoms with Crippen LogP contribution in [0.15, 0.2) is 24.3 Å². The second-order valence-electron chi connectivity index (χ2n) is 6.07. The zero-order chi connectivity index (χ0) is 15.2. The lowest BCUT2D eigenvalue weighted by Gasteiger charge is -2.30. The number of likely N-dealkylation sites (N-methyl/N-ethyl adjacent to an activating group) is 1. The standard InChI is InChI=1S/C17H27ClN2O/c1-3-16-13-19(2)9-5-10-20(16)11-8-17(21)14-6-4-7-15(18)12-14/h4,6-7,12,16-17,21H,3,5,8-11,13H2,1-2H3. The van der Waals surface area contributed by atoms with Crippen LogP contribution in [0, 0.1) is 0 Å². The van der Waals surface area contributed by atoms with Crippen LogP contribution in [0.5, 0.6) is 0 Å². The first-order valence-corrected chi connectivity index (χ1v) is 8.34. The molecule has 1 fully saturated rings. The van der Waals surface area contributed by atoms with Crippen LogP contribution in [0.1, 0.15) is 37.9 Å². The van der Waals surface area contributed by atoms with Crippen molar-refractivity contribution in [1.82, 2.24) is 9.80 Å². The molecule has 1 saturated heterocycles. The first kappa shape index (κ1) is 16.8. The van der Waals surface area contributed by atoms with Crippen LogP contribution in [0.25, 0.3) is 0 Å². The van der Waals surface area contributed by atoms with Gasteiger partial charge in [-0.2, -0.15) is 0 Å². The van der Waals surface area contributed by atoms with Crippen molar-refractivity contribution in [3.63, 3.8) is 0 Å². The molecule has 0 bridgehead atoms. The molecule has 2 unspecified atom stereocenters. The van der Waals surface area contributed by atoms with Crippen molar-refractivity contribution in [3.8, 4) is 0 Å². The fourth-order valence-electron chi connectivity index (χ4n) is 3.14. The Morgan fingerprint density at radius 1 is 1.38 bits per heavy atom. The summed E-state index contributed by atoms with van der Waals surface area (Å²) in [5.74, 6) is 0. The van der Waals surface area contributed by atoms with Crippen molar-refractivity contribution in [3.05, 3.63) is 34.9 Å². The molecule has 21 heavy (non-hydrogen) atoms. The Morgan fingerprint density at radius 2 is 2.19 bits per heavy atom. The zero-order valence-electron chi connectivity index (χ0n) is 13.1. The quantitative estimate of drug-likeness (QED) is 0.905. The minimum absolute atomic E-state index is 0.429. The molecule has 2 rings (SSSR count). The van der Waals surface area contributed by atoms with E-state index in [1.54, 1.807) is 0 Å². The molecule has 0 radical (unpaired) electrons. The summed E-state index contributed by atoms with van der Waals surface area (Å²) in [5, 5.41) is 11.1. The Hall–Kier alpha value is -0.610. The van der Waals surface area contributed by atoms with Crippen LogP contribution < -0.4 is 0 Å². The summed E-state index contributed by atoms with van der Waals surface area (Å²) >= 11 is 5.99. The van der Waals surface area contributed by atoms with Gasteiger partial charge in [-0.15, -0.1) is 0 Å². The summed E-state index contributed by atoms with van der Waals surface area (Å²) in [6, 6.07) is 8.15. The molecule has 1 heterocycles. The fraction of sp³-hybridized carbons (Fsp3) is 0.647. The van der Waals surface area contributed by atoms with Crippen molar-refractivity contribution in [2.24, 2.45) is 0 Å². The van der Waals surface area contributed by atoms with Crippen molar-refractivity contribution < 1.29 is 5.11 Å². The second kappa shape index (κ2) is 8.14. The molecule has 3 nitrogen and oxygen atoms in total. The Balaban J connectivity index is 1.91. The van der Waals surface area contributed by atoms with Gasteiger partial charge in [-0.3, -0.25) is 4.90 Å². The Bertz CT molecular complexity index is 441. The van der Waals surface area contributed by atoms with E-state index >= 15 is 0 Å². The third-order valence-electron chi connectivity index (χ3n) is 4.42. The van der Waals surface area contributed by atoms with E-state index in [9.17, 15) is 5.11 Å². The molecule has 1 aliphatic heterocycles. The number of hydrogen-bond donors (Lipinski definition) is 1. The summed E-state index contributed by atoms with van der Waals surface area (Å²) in [7, 11) is 2.20. The molecule has 2 atom stereocenters. The topological polar surface area (TPSA) is 26.7 Å². The molecule has 0 saturated carbocycles. The van der Waals surface area contributed by atoms with Gasteiger partial charge in [0.05, 0.1) is 6.10 Å². The number of nitrogens with zero attached hydrogens (tertiary/aromatic N) is 2. The van der Waals surface area contributed by atoms with Gasteiger partial charge in [-0.1, -0.05) is 30.7 Å². The largest absolute Gasteiger partial charge is 0.388 e. The van der Waals surface area contributed by atoms with E-state index in [1.807, 2.05) is 24.3 Å². The minimum atomic E-state index is -0.429. The maximum atomic E-state index is 10.4. The van der Waals surface area contributed by atoms with Gasteiger partial charge in [0.2, 0.25) is 0 Å². The van der Waals surface area contributed by atoms with E-state index in [0.29, 0.717) is 11.1 Å². The van der Waals surface area contributed by atoms with E-state index in [2.05, 4.69) is 23.8 Å². The molecule has 1 aromatic rings. The normalized spacial score (nSPS) is 23.0. The summed E-state index contributed by atoms with van der Waals surface area (Å²) < 4.78 is 0. The SMILES string of the molecule is CCC1CN(C)CCCN1CCC(O)c1cccc(Cl)c1. The molecule has 4 heteroatoms. The Morgan fingerprint density at radius 3 is 2.90 bits per heavy atom. The molecule has 118 valence electrons. The van der Waals surface area contributed by atoms with Gasteiger partial charge in [0, 0.05) is 24.2 Å². The smallest absolute Gasteiger partial charge is 0.0802 e. The number of rotatable bonds is 5. The highest BCUT2D eigenvalue weighted by Gasteiger charge is 2.22. The maximum Gasteiger partial charge on any atom is 0.0802 e. The highest BCUT2D eigenvalue weighted by Crippen LogP contribution is 2.22. The molecular formula is C17H27ClN2O. The first-order chi connectivity index (χ1) is 10.1. The highest BCUT2D eigenvalue weighted by atomic mass is 35.5. The predicted octanol–water partition coefficient (Wildman–Crippen LogP) is 3.18. The van der Waals surface area contributed by atoms with Gasteiger partial charge < -0.3 is 10.0 Å². The number of halogens is 1. The third kappa shape index (κ3) is 4.96. The van der Waals surface area contributed by atoms with Crippen LogP contribution in [0.2, 0.25) is 5.02 Å². The van der Waals surface area contributed by atoms with Crippen molar-refractivity contribution in [1.29, 1.82) is 0 Å². The van der Waals surface area contributed by atoms with E-state index in [0.717, 1.165) is 38.0 Å². The average molecular weight is 311 g/mol. The predicted molar refractivity (Wildman–Crippen MR) is 88.8 cm³/mol. The van der Waals surface area contributed by atoms with E-state index in [1.165, 1.54) is 13.0 Å². The van der Waals surface area contributed by atoms with Crippen molar-refractivity contribution >= 4 is 11.6 Å². The van der Waals surface area contributed by atoms with Crippen LogP contribution >= 0.6 is 11.6 Å². The van der Waals surface area contributed by atoms with Crippen molar-refractivity contribution in [2.45, 2.75) is 38.3 Å². The fourth-order valence-corrected chi connectivity index (χ4v) is 3.34. The van der Waals surface area contributed by atoms with Gasteiger partial charge in [0.1, 0.15) is 0 Å². The summed E-state index contributed by atoms with van der Waals surface area (Å²) in [4.78, 5) is 4.96. The summed E-state index contributed by atoms with van der Waals surface area (Å²) in [6.45, 7) is 6.63. The highest BCUT2D eigenvalue weighted by molar-refractivity contribution is 6.30. The monoisotopic (exact) mass is 310 g/mol. The molecule has 1 N–H and O–H groups in total. The number of benzene rings is 1. The van der Waals surface area contributed by atoms with Crippen LogP contribution in [-0.4, -0.2) is 54.2 Å². The third-order valence-corrected chi connectivity index (χ3v) is 4.65. The van der Waals surface area contributed by atoms with Gasteiger partial charge in [0.15, 0.2) is 0 Å². The van der Waals surface area contributed by atoms with E-state index in [-0.39, 0.29) is 0 Å². The average Bonchev–Trinajstić information content (AvgIpc) is 2.65. The molecule has 0 spiro atoms. The Labute approximate surface area is 133 Å². The summed E-state index contributed by atoms with van der Waals surface area (Å²) in [5.41, 5.74) is 0.919. The molecule has 0 aliphatic carbocycles. The number of hydrogen-bond acceptors (Lipinski definition) is 3. The van der Waals surface area contributed by atoms with Crippen LogP contribution in [0.4, 0.5) is 0 Å². The van der Waals surface area contributed by atoms with Gasteiger partial charge in [-0.05, 0) is 57.1 Å². The summed E-state index contributed by atoms with van der Waals surface area (Å²) in [6.07, 6.45) is 2.71. The number of aliphatic hydroxyl groups excluding tert-OH is 1. The Kier molecular flexibility index (Phi) is 6.49. The molecular weight excluding hydrogens is 284 g/mol. The minimum Gasteiger partial charge on any atom is -0.388 e. The zero-order valence-corrected chi connectivity index (χ0v) is 13.9.